The Morgan fingerprint density at radius 2 is 2.08 bits per heavy atom. The number of ether oxygens (including phenoxy) is 1. The molecule has 0 aliphatic carbocycles. The average molecular weight is 362 g/mol. The Morgan fingerprint density at radius 3 is 2.76 bits per heavy atom. The lowest BCUT2D eigenvalue weighted by atomic mass is 9.77. The van der Waals surface area contributed by atoms with Crippen molar-refractivity contribution in [2.75, 3.05) is 38.8 Å². The topological polar surface area (TPSA) is 49.9 Å². The molecule has 6 heteroatoms. The highest BCUT2D eigenvalue weighted by Gasteiger charge is 2.45. The fourth-order valence-electron chi connectivity index (χ4n) is 3.90. The second-order valence-corrected chi connectivity index (χ2v) is 7.96. The summed E-state index contributed by atoms with van der Waals surface area (Å²) in [6.07, 6.45) is 4.41. The number of carbonyl (C=O) groups is 2. The quantitative estimate of drug-likeness (QED) is 0.807. The van der Waals surface area contributed by atoms with Gasteiger partial charge in [-0.2, -0.15) is 11.8 Å². The Morgan fingerprint density at radius 1 is 1.32 bits per heavy atom. The predicted molar refractivity (Wildman–Crippen MR) is 99.7 cm³/mol. The number of amides is 2. The highest BCUT2D eigenvalue weighted by Crippen LogP contribution is 2.41. The van der Waals surface area contributed by atoms with Crippen molar-refractivity contribution < 1.29 is 14.3 Å². The van der Waals surface area contributed by atoms with E-state index in [0.29, 0.717) is 18.7 Å². The fraction of sp³-hybridized carbons (Fsp3) is 0.579. The molecule has 0 aromatic heterocycles. The number of hydrogen-bond donors (Lipinski definition) is 0. The molecule has 1 spiro atoms. The largest absolute Gasteiger partial charge is 0.497 e. The van der Waals surface area contributed by atoms with Crippen LogP contribution in [-0.2, 0) is 16.1 Å². The summed E-state index contributed by atoms with van der Waals surface area (Å²) in [5.41, 5.74) is 1.14. The summed E-state index contributed by atoms with van der Waals surface area (Å²) in [7, 11) is 1.65. The van der Waals surface area contributed by atoms with E-state index in [9.17, 15) is 9.59 Å². The van der Waals surface area contributed by atoms with Crippen LogP contribution in [0.4, 0.5) is 0 Å². The molecule has 0 radical (unpaired) electrons. The van der Waals surface area contributed by atoms with Crippen molar-refractivity contribution in [2.45, 2.75) is 25.8 Å². The number of nitrogens with zero attached hydrogens (tertiary/aromatic N) is 2. The third kappa shape index (κ3) is 4.11. The minimum absolute atomic E-state index is 0.0477. The van der Waals surface area contributed by atoms with Gasteiger partial charge in [0.15, 0.2) is 0 Å². The van der Waals surface area contributed by atoms with Crippen molar-refractivity contribution in [2.24, 2.45) is 5.41 Å². The molecule has 0 unspecified atom stereocenters. The van der Waals surface area contributed by atoms with Gasteiger partial charge in [-0.1, -0.05) is 12.1 Å². The normalized spacial score (nSPS) is 19.5. The first-order valence-electron chi connectivity index (χ1n) is 8.73. The molecule has 2 amide bonds. The van der Waals surface area contributed by atoms with Gasteiger partial charge in [-0.15, -0.1) is 0 Å². The van der Waals surface area contributed by atoms with E-state index in [2.05, 4.69) is 0 Å². The number of likely N-dealkylation sites (tertiary alicyclic amines) is 2. The van der Waals surface area contributed by atoms with E-state index in [-0.39, 0.29) is 17.2 Å². The Balaban J connectivity index is 1.60. The molecule has 2 saturated heterocycles. The first-order chi connectivity index (χ1) is 12.0. The third-order valence-electron chi connectivity index (χ3n) is 5.36. The average Bonchev–Trinajstić information content (AvgIpc) is 2.91. The van der Waals surface area contributed by atoms with Gasteiger partial charge in [0.2, 0.25) is 11.8 Å². The molecule has 0 bridgehead atoms. The first kappa shape index (κ1) is 18.1. The lowest BCUT2D eigenvalue weighted by Gasteiger charge is -2.38. The van der Waals surface area contributed by atoms with Crippen LogP contribution in [0, 0.1) is 5.41 Å². The maximum Gasteiger partial charge on any atom is 0.232 e. The molecule has 0 saturated carbocycles. The van der Waals surface area contributed by atoms with Crippen LogP contribution in [0.1, 0.15) is 24.8 Å². The minimum atomic E-state index is 0.0477. The molecule has 5 nitrogen and oxygen atoms in total. The van der Waals surface area contributed by atoms with Gasteiger partial charge in [-0.25, -0.2) is 0 Å². The highest BCUT2D eigenvalue weighted by atomic mass is 32.2. The van der Waals surface area contributed by atoms with Gasteiger partial charge in [-0.05, 0) is 36.8 Å². The van der Waals surface area contributed by atoms with Crippen LogP contribution < -0.4 is 4.74 Å². The third-order valence-corrected chi connectivity index (χ3v) is 5.89. The van der Waals surface area contributed by atoms with Crippen LogP contribution >= 0.6 is 11.8 Å². The van der Waals surface area contributed by atoms with Gasteiger partial charge in [0.25, 0.3) is 0 Å². The zero-order chi connectivity index (χ0) is 17.9. The standard InChI is InChI=1S/C19H26N2O3S/c1-24-16-5-3-4-15(10-16)12-21-14-19(11-17(21)22)6-8-20(9-7-19)18(23)13-25-2/h3-5,10H,6-9,11-14H2,1-2H3. The molecule has 0 atom stereocenters. The number of hydrogen-bond acceptors (Lipinski definition) is 4. The van der Waals surface area contributed by atoms with Crippen LogP contribution in [-0.4, -0.2) is 60.4 Å². The second kappa shape index (κ2) is 7.68. The van der Waals surface area contributed by atoms with E-state index in [1.54, 1.807) is 18.9 Å². The molecule has 2 heterocycles. The zero-order valence-electron chi connectivity index (χ0n) is 15.0. The lowest BCUT2D eigenvalue weighted by Crippen LogP contribution is -2.44. The van der Waals surface area contributed by atoms with E-state index in [1.165, 1.54) is 0 Å². The lowest BCUT2D eigenvalue weighted by molar-refractivity contribution is -0.130. The summed E-state index contributed by atoms with van der Waals surface area (Å²) in [5, 5.41) is 0. The van der Waals surface area contributed by atoms with Crippen molar-refractivity contribution in [3.8, 4) is 5.75 Å². The summed E-state index contributed by atoms with van der Waals surface area (Å²) >= 11 is 1.57. The van der Waals surface area contributed by atoms with Crippen molar-refractivity contribution in [1.29, 1.82) is 0 Å². The molecule has 3 rings (SSSR count). The zero-order valence-corrected chi connectivity index (χ0v) is 15.8. The van der Waals surface area contributed by atoms with Crippen LogP contribution in [0.15, 0.2) is 24.3 Å². The summed E-state index contributed by atoms with van der Waals surface area (Å²) < 4.78 is 5.27. The van der Waals surface area contributed by atoms with Gasteiger partial charge < -0.3 is 14.5 Å². The van der Waals surface area contributed by atoms with E-state index in [0.717, 1.165) is 43.8 Å². The maximum atomic E-state index is 12.5. The fourth-order valence-corrected chi connectivity index (χ4v) is 4.33. The van der Waals surface area contributed by atoms with Crippen molar-refractivity contribution >= 4 is 23.6 Å². The number of benzene rings is 1. The highest BCUT2D eigenvalue weighted by molar-refractivity contribution is 7.99. The number of thioether (sulfide) groups is 1. The number of piperidine rings is 1. The second-order valence-electron chi connectivity index (χ2n) is 7.09. The summed E-state index contributed by atoms with van der Waals surface area (Å²) in [6.45, 7) is 2.99. The SMILES string of the molecule is COc1cccc(CN2CC3(CCN(C(=O)CSC)CC3)CC2=O)c1. The van der Waals surface area contributed by atoms with Gasteiger partial charge >= 0.3 is 0 Å². The van der Waals surface area contributed by atoms with Crippen molar-refractivity contribution in [3.63, 3.8) is 0 Å². The maximum absolute atomic E-state index is 12.5. The molecule has 2 aliphatic heterocycles. The molecule has 2 aliphatic rings. The van der Waals surface area contributed by atoms with Crippen LogP contribution in [0.2, 0.25) is 0 Å². The Hall–Kier alpha value is -1.69. The number of methoxy groups -OCH3 is 1. The Kier molecular flexibility index (Phi) is 5.57. The molecule has 1 aromatic rings. The summed E-state index contributed by atoms with van der Waals surface area (Å²) in [4.78, 5) is 28.5. The van der Waals surface area contributed by atoms with E-state index < -0.39 is 0 Å². The minimum Gasteiger partial charge on any atom is -0.497 e. The monoisotopic (exact) mass is 362 g/mol. The van der Waals surface area contributed by atoms with Crippen molar-refractivity contribution in [1.82, 2.24) is 9.80 Å². The van der Waals surface area contributed by atoms with Gasteiger partial charge in [0.1, 0.15) is 5.75 Å². The smallest absolute Gasteiger partial charge is 0.232 e. The molecule has 2 fully saturated rings. The molecular formula is C19H26N2O3S. The van der Waals surface area contributed by atoms with E-state index >= 15 is 0 Å². The van der Waals surface area contributed by atoms with E-state index in [1.807, 2.05) is 40.3 Å². The Labute approximate surface area is 153 Å². The predicted octanol–water partition coefficient (Wildman–Crippen LogP) is 2.40. The van der Waals surface area contributed by atoms with Crippen molar-refractivity contribution in [3.05, 3.63) is 29.8 Å². The van der Waals surface area contributed by atoms with Gasteiger partial charge in [-0.3, -0.25) is 9.59 Å². The molecule has 1 aromatic carbocycles. The van der Waals surface area contributed by atoms with E-state index in [4.69, 9.17) is 4.74 Å². The summed E-state index contributed by atoms with van der Waals surface area (Å²) in [6, 6.07) is 7.89. The molecule has 136 valence electrons. The van der Waals surface area contributed by atoms with Crippen LogP contribution in [0.5, 0.6) is 5.75 Å². The van der Waals surface area contributed by atoms with Gasteiger partial charge in [0, 0.05) is 38.0 Å². The molecule has 0 N–H and O–H groups in total. The van der Waals surface area contributed by atoms with Crippen LogP contribution in [0.3, 0.4) is 0 Å². The Bertz CT molecular complexity index is 641. The first-order valence-corrected chi connectivity index (χ1v) is 10.1. The summed E-state index contributed by atoms with van der Waals surface area (Å²) in [5.74, 6) is 1.82. The van der Waals surface area contributed by atoms with Crippen LogP contribution in [0.25, 0.3) is 0 Å². The molecule has 25 heavy (non-hydrogen) atoms. The number of rotatable bonds is 5. The molecular weight excluding hydrogens is 336 g/mol. The van der Waals surface area contributed by atoms with Gasteiger partial charge in [0.05, 0.1) is 12.9 Å². The number of carbonyl (C=O) groups excluding carboxylic acids is 2.